The van der Waals surface area contributed by atoms with Gasteiger partial charge in [0, 0.05) is 36.0 Å². The van der Waals surface area contributed by atoms with E-state index in [1.807, 2.05) is 65.2 Å². The monoisotopic (exact) mass is 522 g/mol. The molecule has 2 aliphatic rings. The minimum Gasteiger partial charge on any atom is -0.480 e. The van der Waals surface area contributed by atoms with Gasteiger partial charge in [-0.1, -0.05) is 6.92 Å². The first-order chi connectivity index (χ1) is 16.6. The second-order valence-electron chi connectivity index (χ2n) is 14.2. The number of rotatable bonds is 7. The van der Waals surface area contributed by atoms with Crippen LogP contribution in [-0.2, 0) is 19.2 Å². The maximum atomic E-state index is 12.7. The number of hydrogen-bond donors (Lipinski definition) is 2. The Balaban J connectivity index is 2.67. The molecule has 2 fully saturated rings. The molecule has 212 valence electrons. The summed E-state index contributed by atoms with van der Waals surface area (Å²) in [5.74, 6) is -2.76. The van der Waals surface area contributed by atoms with E-state index in [-0.39, 0.29) is 42.4 Å². The van der Waals surface area contributed by atoms with Crippen molar-refractivity contribution in [3.05, 3.63) is 0 Å². The number of piperidine rings is 2. The Morgan fingerprint density at radius 1 is 0.703 bits per heavy atom. The second kappa shape index (κ2) is 9.88. The van der Waals surface area contributed by atoms with Crippen LogP contribution in [0, 0.1) is 23.2 Å². The summed E-state index contributed by atoms with van der Waals surface area (Å²) in [4.78, 5) is 54.2. The van der Waals surface area contributed by atoms with Crippen LogP contribution < -0.4 is 0 Å². The fraction of sp³-hybridized carbons (Fsp3) is 0.862. The Kier molecular flexibility index (Phi) is 8.31. The van der Waals surface area contributed by atoms with Gasteiger partial charge in [0.2, 0.25) is 11.8 Å². The van der Waals surface area contributed by atoms with Crippen LogP contribution in [0.5, 0.6) is 0 Å². The van der Waals surface area contributed by atoms with Gasteiger partial charge in [-0.05, 0) is 112 Å². The third kappa shape index (κ3) is 5.68. The highest BCUT2D eigenvalue weighted by Crippen LogP contribution is 2.54. The molecule has 0 radical (unpaired) electrons. The van der Waals surface area contributed by atoms with E-state index >= 15 is 0 Å². The summed E-state index contributed by atoms with van der Waals surface area (Å²) >= 11 is 0. The van der Waals surface area contributed by atoms with Crippen molar-refractivity contribution in [3.8, 4) is 0 Å². The summed E-state index contributed by atoms with van der Waals surface area (Å²) in [6.45, 7) is 21.2. The van der Waals surface area contributed by atoms with Crippen LogP contribution in [0.4, 0.5) is 0 Å². The maximum Gasteiger partial charge on any atom is 0.321 e. The van der Waals surface area contributed by atoms with Crippen molar-refractivity contribution in [2.24, 2.45) is 23.2 Å². The molecule has 0 saturated carbocycles. The molecule has 0 spiro atoms. The molecular formula is C29H50N2O6. The van der Waals surface area contributed by atoms with Crippen molar-refractivity contribution in [2.75, 3.05) is 0 Å². The fourth-order valence-corrected chi connectivity index (χ4v) is 8.86. The van der Waals surface area contributed by atoms with Gasteiger partial charge in [0.1, 0.15) is 0 Å². The predicted molar refractivity (Wildman–Crippen MR) is 143 cm³/mol. The minimum absolute atomic E-state index is 0.000935. The van der Waals surface area contributed by atoms with E-state index in [1.165, 1.54) is 0 Å². The molecule has 2 heterocycles. The summed E-state index contributed by atoms with van der Waals surface area (Å²) < 4.78 is 0. The average molecular weight is 523 g/mol. The lowest BCUT2D eigenvalue weighted by molar-refractivity contribution is -0.169. The number of carbonyl (C=O) groups is 4. The van der Waals surface area contributed by atoms with Crippen LogP contribution >= 0.6 is 0 Å². The summed E-state index contributed by atoms with van der Waals surface area (Å²) in [5.41, 5.74) is -3.76. The van der Waals surface area contributed by atoms with Crippen LogP contribution in [0.2, 0.25) is 0 Å². The van der Waals surface area contributed by atoms with E-state index in [1.54, 1.807) is 20.8 Å². The molecule has 0 aromatic heterocycles. The summed E-state index contributed by atoms with van der Waals surface area (Å²) in [5, 5.41) is 20.4. The highest BCUT2D eigenvalue weighted by molar-refractivity contribution is 5.98. The zero-order chi connectivity index (χ0) is 28.9. The average Bonchev–Trinajstić information content (AvgIpc) is 2.63. The molecule has 2 rings (SSSR count). The molecule has 0 aromatic carbocycles. The van der Waals surface area contributed by atoms with Crippen molar-refractivity contribution in [2.45, 2.75) is 137 Å². The van der Waals surface area contributed by atoms with E-state index in [0.29, 0.717) is 25.7 Å². The maximum absolute atomic E-state index is 12.7. The van der Waals surface area contributed by atoms with Crippen LogP contribution in [-0.4, -0.2) is 65.9 Å². The van der Waals surface area contributed by atoms with Crippen molar-refractivity contribution in [1.29, 1.82) is 0 Å². The number of carbonyl (C=O) groups excluding carboxylic acids is 2. The van der Waals surface area contributed by atoms with Gasteiger partial charge in [0.15, 0.2) is 5.41 Å². The second-order valence-corrected chi connectivity index (χ2v) is 14.2. The molecule has 0 aromatic rings. The Hall–Kier alpha value is -2.12. The van der Waals surface area contributed by atoms with Crippen LogP contribution in [0.1, 0.15) is 115 Å². The molecule has 0 aliphatic carbocycles. The molecule has 2 N–H and O–H groups in total. The molecule has 37 heavy (non-hydrogen) atoms. The van der Waals surface area contributed by atoms with Gasteiger partial charge < -0.3 is 20.0 Å². The Labute approximate surface area is 223 Å². The predicted octanol–water partition coefficient (Wildman–Crippen LogP) is 5.19. The van der Waals surface area contributed by atoms with Crippen molar-refractivity contribution in [1.82, 2.24) is 9.80 Å². The lowest BCUT2D eigenvalue weighted by Gasteiger charge is -2.60. The Bertz CT molecular complexity index is 831. The third-order valence-corrected chi connectivity index (χ3v) is 9.32. The molecule has 0 atom stereocenters. The van der Waals surface area contributed by atoms with E-state index in [0.717, 1.165) is 0 Å². The molecular weight excluding hydrogens is 472 g/mol. The van der Waals surface area contributed by atoms with Crippen molar-refractivity contribution >= 4 is 23.8 Å². The zero-order valence-electron chi connectivity index (χ0n) is 24.9. The van der Waals surface area contributed by atoms with Crippen molar-refractivity contribution in [3.63, 3.8) is 0 Å². The molecule has 8 heteroatoms. The quantitative estimate of drug-likeness (QED) is 0.445. The van der Waals surface area contributed by atoms with Crippen LogP contribution in [0.3, 0.4) is 0 Å². The molecule has 8 nitrogen and oxygen atoms in total. The first-order valence-electron chi connectivity index (χ1n) is 13.6. The number of amides is 2. The largest absolute Gasteiger partial charge is 0.480 e. The Morgan fingerprint density at radius 2 is 0.973 bits per heavy atom. The van der Waals surface area contributed by atoms with Gasteiger partial charge in [-0.15, -0.1) is 0 Å². The van der Waals surface area contributed by atoms with E-state index in [9.17, 15) is 29.4 Å². The molecule has 2 saturated heterocycles. The molecule has 0 bridgehead atoms. The smallest absolute Gasteiger partial charge is 0.321 e. The fourth-order valence-electron chi connectivity index (χ4n) is 8.86. The van der Waals surface area contributed by atoms with Gasteiger partial charge in [-0.3, -0.25) is 19.2 Å². The van der Waals surface area contributed by atoms with Gasteiger partial charge in [0.25, 0.3) is 0 Å². The van der Waals surface area contributed by atoms with Crippen LogP contribution in [0.25, 0.3) is 0 Å². The zero-order valence-corrected chi connectivity index (χ0v) is 24.9. The molecule has 2 amide bonds. The van der Waals surface area contributed by atoms with Gasteiger partial charge in [-0.2, -0.15) is 0 Å². The van der Waals surface area contributed by atoms with E-state index < -0.39 is 39.5 Å². The summed E-state index contributed by atoms with van der Waals surface area (Å²) in [6, 6.07) is 0. The highest BCUT2D eigenvalue weighted by atomic mass is 16.4. The lowest BCUT2D eigenvalue weighted by atomic mass is 9.57. The van der Waals surface area contributed by atoms with E-state index in [4.69, 9.17) is 0 Å². The van der Waals surface area contributed by atoms with E-state index in [2.05, 4.69) is 0 Å². The standard InChI is InChI=1S/C29H50N2O6/c1-12-29(23(34)35,24(36)37)17-22(20-13-25(4,5)30(18(2)32)26(6,7)14-20)21-15-27(8,9)31(19(3)33)28(10,11)16-21/h20-22H,12-17H2,1-11H3,(H,34,35)(H,36,37). The number of aliphatic carboxylic acids is 2. The Morgan fingerprint density at radius 3 is 1.16 bits per heavy atom. The molecule has 2 aliphatic heterocycles. The van der Waals surface area contributed by atoms with Crippen LogP contribution in [0.15, 0.2) is 0 Å². The minimum atomic E-state index is -1.89. The number of carboxylic acid groups (broad SMARTS) is 2. The summed E-state index contributed by atoms with van der Waals surface area (Å²) in [7, 11) is 0. The summed E-state index contributed by atoms with van der Waals surface area (Å²) in [6.07, 6.45) is 2.66. The van der Waals surface area contributed by atoms with Crippen molar-refractivity contribution < 1.29 is 29.4 Å². The number of likely N-dealkylation sites (tertiary alicyclic amines) is 2. The first-order valence-corrected chi connectivity index (χ1v) is 13.6. The lowest BCUT2D eigenvalue weighted by Crippen LogP contribution is -2.65. The number of carboxylic acids is 2. The number of hydrogen-bond acceptors (Lipinski definition) is 4. The number of nitrogens with zero attached hydrogens (tertiary/aromatic N) is 2. The van der Waals surface area contributed by atoms with Gasteiger partial charge in [0.05, 0.1) is 0 Å². The highest BCUT2D eigenvalue weighted by Gasteiger charge is 2.56. The molecule has 0 unspecified atom stereocenters. The van der Waals surface area contributed by atoms with Gasteiger partial charge >= 0.3 is 11.9 Å². The van der Waals surface area contributed by atoms with Gasteiger partial charge in [-0.25, -0.2) is 0 Å². The topological polar surface area (TPSA) is 115 Å². The first kappa shape index (κ1) is 31.1. The normalized spacial score (nSPS) is 23.7. The third-order valence-electron chi connectivity index (χ3n) is 9.32. The SMILES string of the molecule is CCC(CC(C1CC(C)(C)N(C(C)=O)C(C)(C)C1)C1CC(C)(C)N(C(C)=O)C(C)(C)C1)(C(=O)O)C(=O)O.